The lowest BCUT2D eigenvalue weighted by Crippen LogP contribution is -2.12. The van der Waals surface area contributed by atoms with Crippen LogP contribution in [0.1, 0.15) is 15.9 Å². The Hall–Kier alpha value is -2.31. The third-order valence-electron chi connectivity index (χ3n) is 2.40. The highest BCUT2D eigenvalue weighted by atomic mass is 19.4. The maximum atomic E-state index is 12.8. The number of hydrogen-bond donors (Lipinski definition) is 1. The van der Waals surface area contributed by atoms with E-state index in [4.69, 9.17) is 5.73 Å². The molecule has 0 unspecified atom stereocenters. The van der Waals surface area contributed by atoms with Crippen LogP contribution in [-0.2, 0) is 6.18 Å². The first-order chi connectivity index (χ1) is 8.45. The topological polar surface area (TPSA) is 60.9 Å². The molecule has 7 heteroatoms. The molecule has 0 bridgehead atoms. The van der Waals surface area contributed by atoms with Gasteiger partial charge in [0.1, 0.15) is 5.82 Å². The number of nitrogens with two attached hydrogens (primary N) is 1. The summed E-state index contributed by atoms with van der Waals surface area (Å²) < 4.78 is 39.3. The molecule has 18 heavy (non-hydrogen) atoms. The van der Waals surface area contributed by atoms with E-state index in [0.717, 1.165) is 16.9 Å². The van der Waals surface area contributed by atoms with Crippen molar-refractivity contribution in [3.05, 3.63) is 41.6 Å². The molecule has 0 spiro atoms. The number of carbonyl (C=O) groups is 1. The van der Waals surface area contributed by atoms with E-state index < -0.39 is 11.7 Å². The number of aromatic nitrogens is 2. The first-order valence-corrected chi connectivity index (χ1v) is 4.90. The van der Waals surface area contributed by atoms with Gasteiger partial charge in [0.25, 0.3) is 0 Å². The van der Waals surface area contributed by atoms with E-state index in [2.05, 4.69) is 5.10 Å². The molecule has 1 heterocycles. The molecule has 0 atom stereocenters. The molecule has 0 saturated heterocycles. The summed E-state index contributed by atoms with van der Waals surface area (Å²) in [6, 6.07) is 4.87. The van der Waals surface area contributed by atoms with Gasteiger partial charge in [0.15, 0.2) is 6.29 Å². The number of para-hydroxylation sites is 1. The minimum Gasteiger partial charge on any atom is -0.383 e. The maximum absolute atomic E-state index is 12.8. The van der Waals surface area contributed by atoms with Crippen LogP contribution >= 0.6 is 0 Å². The van der Waals surface area contributed by atoms with Crippen LogP contribution in [0.5, 0.6) is 0 Å². The van der Waals surface area contributed by atoms with Crippen LogP contribution in [0.15, 0.2) is 30.5 Å². The quantitative estimate of drug-likeness (QED) is 0.837. The number of hydrogen-bond acceptors (Lipinski definition) is 3. The van der Waals surface area contributed by atoms with Gasteiger partial charge in [-0.15, -0.1) is 0 Å². The van der Waals surface area contributed by atoms with Crippen LogP contribution in [-0.4, -0.2) is 16.1 Å². The molecule has 0 radical (unpaired) electrons. The fourth-order valence-corrected chi connectivity index (χ4v) is 1.55. The van der Waals surface area contributed by atoms with Gasteiger partial charge >= 0.3 is 6.18 Å². The molecule has 2 rings (SSSR count). The van der Waals surface area contributed by atoms with Gasteiger partial charge in [-0.2, -0.15) is 18.3 Å². The van der Waals surface area contributed by atoms with Gasteiger partial charge in [-0.25, -0.2) is 4.68 Å². The van der Waals surface area contributed by atoms with Crippen molar-refractivity contribution in [3.63, 3.8) is 0 Å². The fourth-order valence-electron chi connectivity index (χ4n) is 1.55. The summed E-state index contributed by atoms with van der Waals surface area (Å²) in [6.07, 6.45) is -2.96. The monoisotopic (exact) mass is 255 g/mol. The molecule has 0 aliphatic carbocycles. The normalized spacial score (nSPS) is 11.5. The maximum Gasteiger partial charge on any atom is 0.418 e. The first-order valence-electron chi connectivity index (χ1n) is 4.90. The van der Waals surface area contributed by atoms with Crippen molar-refractivity contribution in [3.8, 4) is 5.69 Å². The lowest BCUT2D eigenvalue weighted by Gasteiger charge is -2.13. The lowest BCUT2D eigenvalue weighted by atomic mass is 10.1. The van der Waals surface area contributed by atoms with Crippen molar-refractivity contribution in [2.24, 2.45) is 0 Å². The number of benzene rings is 1. The molecule has 2 aromatic rings. The second kappa shape index (κ2) is 4.17. The minimum absolute atomic E-state index is 0.0481. The number of nitrogens with zero attached hydrogens (tertiary/aromatic N) is 2. The Morgan fingerprint density at radius 3 is 2.50 bits per heavy atom. The standard InChI is InChI=1S/C11H8F3N3O/c12-11(13,14)8-3-1-2-4-9(8)17-10(15)7(6-18)5-16-17/h1-6H,15H2. The van der Waals surface area contributed by atoms with Crippen LogP contribution in [0.4, 0.5) is 19.0 Å². The fraction of sp³-hybridized carbons (Fsp3) is 0.0909. The Balaban J connectivity index is 2.64. The van der Waals surface area contributed by atoms with Gasteiger partial charge in [-0.3, -0.25) is 4.79 Å². The summed E-state index contributed by atoms with van der Waals surface area (Å²) in [4.78, 5) is 10.6. The minimum atomic E-state index is -4.52. The highest BCUT2D eigenvalue weighted by Gasteiger charge is 2.34. The van der Waals surface area contributed by atoms with Gasteiger partial charge in [-0.1, -0.05) is 12.1 Å². The third-order valence-corrected chi connectivity index (χ3v) is 2.40. The van der Waals surface area contributed by atoms with E-state index in [1.54, 1.807) is 0 Å². The van der Waals surface area contributed by atoms with E-state index in [-0.39, 0.29) is 17.1 Å². The predicted octanol–water partition coefficient (Wildman–Crippen LogP) is 2.29. The summed E-state index contributed by atoms with van der Waals surface area (Å²) in [7, 11) is 0. The van der Waals surface area contributed by atoms with Crippen molar-refractivity contribution in [2.75, 3.05) is 5.73 Å². The number of anilines is 1. The Morgan fingerprint density at radius 2 is 1.94 bits per heavy atom. The zero-order chi connectivity index (χ0) is 13.3. The molecule has 4 nitrogen and oxygen atoms in total. The van der Waals surface area contributed by atoms with E-state index in [9.17, 15) is 18.0 Å². The predicted molar refractivity (Wildman–Crippen MR) is 58.4 cm³/mol. The molecule has 0 aliphatic rings. The number of alkyl halides is 3. The van der Waals surface area contributed by atoms with Gasteiger partial charge in [0.2, 0.25) is 0 Å². The molecule has 1 aromatic heterocycles. The van der Waals surface area contributed by atoms with Gasteiger partial charge in [0, 0.05) is 0 Å². The van der Waals surface area contributed by atoms with Gasteiger partial charge < -0.3 is 5.73 Å². The van der Waals surface area contributed by atoms with Crippen molar-refractivity contribution >= 4 is 12.1 Å². The molecule has 1 aromatic carbocycles. The summed E-state index contributed by atoms with van der Waals surface area (Å²) in [5.74, 6) is -0.123. The summed E-state index contributed by atoms with van der Waals surface area (Å²) >= 11 is 0. The second-order valence-electron chi connectivity index (χ2n) is 3.53. The molecule has 94 valence electrons. The summed E-state index contributed by atoms with van der Waals surface area (Å²) in [5, 5.41) is 3.69. The number of aldehydes is 1. The zero-order valence-electron chi connectivity index (χ0n) is 8.98. The van der Waals surface area contributed by atoms with Crippen molar-refractivity contribution < 1.29 is 18.0 Å². The van der Waals surface area contributed by atoms with E-state index in [0.29, 0.717) is 6.29 Å². The highest BCUT2D eigenvalue weighted by Crippen LogP contribution is 2.34. The third kappa shape index (κ3) is 1.94. The van der Waals surface area contributed by atoms with E-state index in [1.807, 2.05) is 0 Å². The van der Waals surface area contributed by atoms with Crippen LogP contribution in [0.3, 0.4) is 0 Å². The Morgan fingerprint density at radius 1 is 1.28 bits per heavy atom. The van der Waals surface area contributed by atoms with Crippen LogP contribution < -0.4 is 5.73 Å². The zero-order valence-corrected chi connectivity index (χ0v) is 8.98. The lowest BCUT2D eigenvalue weighted by molar-refractivity contribution is -0.137. The van der Waals surface area contributed by atoms with Gasteiger partial charge in [0.05, 0.1) is 23.0 Å². The highest BCUT2D eigenvalue weighted by molar-refractivity contribution is 5.82. The van der Waals surface area contributed by atoms with Crippen LogP contribution in [0.2, 0.25) is 0 Å². The SMILES string of the molecule is Nc1c(C=O)cnn1-c1ccccc1C(F)(F)F. The second-order valence-corrected chi connectivity index (χ2v) is 3.53. The van der Waals surface area contributed by atoms with E-state index >= 15 is 0 Å². The van der Waals surface area contributed by atoms with Gasteiger partial charge in [-0.05, 0) is 12.1 Å². The molecule has 0 amide bonds. The average molecular weight is 255 g/mol. The molecule has 0 fully saturated rings. The van der Waals surface area contributed by atoms with Crippen molar-refractivity contribution in [2.45, 2.75) is 6.18 Å². The Bertz CT molecular complexity index is 589. The Kier molecular flexibility index (Phi) is 2.82. The Labute approximate surface area is 99.8 Å². The summed E-state index contributed by atoms with van der Waals surface area (Å²) in [6.45, 7) is 0. The van der Waals surface area contributed by atoms with Crippen LogP contribution in [0, 0.1) is 0 Å². The molecule has 0 aliphatic heterocycles. The largest absolute Gasteiger partial charge is 0.418 e. The molecule has 0 saturated carbocycles. The molecule has 2 N–H and O–H groups in total. The number of nitrogen functional groups attached to an aromatic ring is 1. The average Bonchev–Trinajstić information content (AvgIpc) is 2.69. The number of carbonyl (C=O) groups excluding carboxylic acids is 1. The molecular formula is C11H8F3N3O. The van der Waals surface area contributed by atoms with Crippen LogP contribution in [0.25, 0.3) is 5.69 Å². The first kappa shape index (κ1) is 12.2. The van der Waals surface area contributed by atoms with Crippen molar-refractivity contribution in [1.82, 2.24) is 9.78 Å². The smallest absolute Gasteiger partial charge is 0.383 e. The molecular weight excluding hydrogens is 247 g/mol. The number of halogens is 3. The van der Waals surface area contributed by atoms with Crippen molar-refractivity contribution in [1.29, 1.82) is 0 Å². The summed E-state index contributed by atoms with van der Waals surface area (Å²) in [5.41, 5.74) is 4.53. The van der Waals surface area contributed by atoms with E-state index in [1.165, 1.54) is 18.2 Å². The number of rotatable bonds is 2.